The first kappa shape index (κ1) is 17.9. The van der Waals surface area contributed by atoms with Gasteiger partial charge in [0, 0.05) is 57.8 Å². The lowest BCUT2D eigenvalue weighted by Crippen LogP contribution is -2.51. The van der Waals surface area contributed by atoms with Gasteiger partial charge in [-0.1, -0.05) is 0 Å². The summed E-state index contributed by atoms with van der Waals surface area (Å²) in [6, 6.07) is 1.96. The SMILES string of the molecule is Cn1nc(C2CC2)cc1C(=O)NCC1(CN2CCOCC2)CCOCC1. The van der Waals surface area contributed by atoms with E-state index < -0.39 is 0 Å². The molecule has 144 valence electrons. The average molecular weight is 362 g/mol. The van der Waals surface area contributed by atoms with Gasteiger partial charge in [-0.05, 0) is 31.7 Å². The number of morpholine rings is 1. The summed E-state index contributed by atoms with van der Waals surface area (Å²) in [7, 11) is 1.86. The Kier molecular flexibility index (Phi) is 5.29. The zero-order chi connectivity index (χ0) is 18.0. The number of rotatable bonds is 6. The number of carbonyl (C=O) groups excluding carboxylic acids is 1. The van der Waals surface area contributed by atoms with Crippen LogP contribution < -0.4 is 5.32 Å². The maximum Gasteiger partial charge on any atom is 0.269 e. The van der Waals surface area contributed by atoms with Gasteiger partial charge >= 0.3 is 0 Å². The molecule has 3 heterocycles. The third-order valence-electron chi connectivity index (χ3n) is 5.97. The summed E-state index contributed by atoms with van der Waals surface area (Å²) in [6.45, 7) is 6.80. The lowest BCUT2D eigenvalue weighted by molar-refractivity contribution is -0.0283. The Labute approximate surface area is 155 Å². The molecule has 4 rings (SSSR count). The van der Waals surface area contributed by atoms with Gasteiger partial charge in [0.1, 0.15) is 5.69 Å². The third-order valence-corrected chi connectivity index (χ3v) is 5.97. The number of ether oxygens (including phenoxy) is 2. The van der Waals surface area contributed by atoms with Gasteiger partial charge in [-0.2, -0.15) is 5.10 Å². The maximum atomic E-state index is 12.8. The minimum Gasteiger partial charge on any atom is -0.381 e. The van der Waals surface area contributed by atoms with Crippen LogP contribution in [0.4, 0.5) is 0 Å². The van der Waals surface area contributed by atoms with Crippen LogP contribution in [0.25, 0.3) is 0 Å². The smallest absolute Gasteiger partial charge is 0.269 e. The largest absolute Gasteiger partial charge is 0.381 e. The van der Waals surface area contributed by atoms with E-state index in [9.17, 15) is 4.79 Å². The highest BCUT2D eigenvalue weighted by molar-refractivity contribution is 5.92. The van der Waals surface area contributed by atoms with Crippen LogP contribution in [-0.2, 0) is 16.5 Å². The number of nitrogens with zero attached hydrogens (tertiary/aromatic N) is 3. The van der Waals surface area contributed by atoms with E-state index in [0.29, 0.717) is 18.2 Å². The van der Waals surface area contributed by atoms with Crippen LogP contribution in [0.15, 0.2) is 6.07 Å². The van der Waals surface area contributed by atoms with Crippen molar-refractivity contribution in [3.05, 3.63) is 17.5 Å². The van der Waals surface area contributed by atoms with Crippen molar-refractivity contribution >= 4 is 5.91 Å². The Morgan fingerprint density at radius 3 is 2.62 bits per heavy atom. The van der Waals surface area contributed by atoms with Crippen LogP contribution in [0.5, 0.6) is 0 Å². The Morgan fingerprint density at radius 2 is 1.92 bits per heavy atom. The second-order valence-corrected chi connectivity index (χ2v) is 8.04. The van der Waals surface area contributed by atoms with Crippen molar-refractivity contribution in [2.45, 2.75) is 31.6 Å². The molecule has 0 aromatic carbocycles. The van der Waals surface area contributed by atoms with E-state index >= 15 is 0 Å². The number of hydrogen-bond acceptors (Lipinski definition) is 5. The summed E-state index contributed by atoms with van der Waals surface area (Å²) in [4.78, 5) is 15.2. The van der Waals surface area contributed by atoms with Gasteiger partial charge in [0.25, 0.3) is 5.91 Å². The van der Waals surface area contributed by atoms with Gasteiger partial charge in [0.15, 0.2) is 0 Å². The Morgan fingerprint density at radius 1 is 1.23 bits per heavy atom. The Bertz CT molecular complexity index is 629. The van der Waals surface area contributed by atoms with Gasteiger partial charge in [-0.15, -0.1) is 0 Å². The quantitative estimate of drug-likeness (QED) is 0.822. The van der Waals surface area contributed by atoms with Crippen molar-refractivity contribution < 1.29 is 14.3 Å². The molecule has 1 saturated carbocycles. The summed E-state index contributed by atoms with van der Waals surface area (Å²) in [5.74, 6) is 0.547. The van der Waals surface area contributed by atoms with Gasteiger partial charge in [0.05, 0.1) is 18.9 Å². The lowest BCUT2D eigenvalue weighted by atomic mass is 9.79. The van der Waals surface area contributed by atoms with E-state index in [-0.39, 0.29) is 11.3 Å². The molecule has 1 aromatic rings. The molecule has 1 N–H and O–H groups in total. The minimum atomic E-state index is -0.0141. The molecule has 1 aliphatic carbocycles. The van der Waals surface area contributed by atoms with Crippen molar-refractivity contribution in [1.82, 2.24) is 20.0 Å². The summed E-state index contributed by atoms with van der Waals surface area (Å²) in [5, 5.41) is 7.71. The molecule has 3 fully saturated rings. The summed E-state index contributed by atoms with van der Waals surface area (Å²) < 4.78 is 12.8. The molecule has 3 aliphatic rings. The molecule has 1 amide bonds. The van der Waals surface area contributed by atoms with E-state index in [0.717, 1.165) is 64.6 Å². The van der Waals surface area contributed by atoms with Crippen molar-refractivity contribution in [3.63, 3.8) is 0 Å². The summed E-state index contributed by atoms with van der Waals surface area (Å²) >= 11 is 0. The highest BCUT2D eigenvalue weighted by Crippen LogP contribution is 2.39. The first-order valence-corrected chi connectivity index (χ1v) is 9.85. The molecule has 7 nitrogen and oxygen atoms in total. The number of amides is 1. The number of carbonyl (C=O) groups is 1. The zero-order valence-corrected chi connectivity index (χ0v) is 15.7. The second-order valence-electron chi connectivity index (χ2n) is 8.04. The van der Waals surface area contributed by atoms with E-state index in [2.05, 4.69) is 15.3 Å². The molecule has 0 spiro atoms. The zero-order valence-electron chi connectivity index (χ0n) is 15.7. The number of aryl methyl sites for hydroxylation is 1. The highest BCUT2D eigenvalue weighted by atomic mass is 16.5. The topological polar surface area (TPSA) is 68.6 Å². The van der Waals surface area contributed by atoms with Gasteiger partial charge < -0.3 is 14.8 Å². The van der Waals surface area contributed by atoms with Gasteiger partial charge in [-0.3, -0.25) is 14.4 Å². The monoisotopic (exact) mass is 362 g/mol. The fourth-order valence-corrected chi connectivity index (χ4v) is 4.07. The fraction of sp³-hybridized carbons (Fsp3) is 0.789. The molecule has 7 heteroatoms. The van der Waals surface area contributed by atoms with E-state index in [1.165, 1.54) is 12.8 Å². The van der Waals surface area contributed by atoms with Crippen LogP contribution in [0.2, 0.25) is 0 Å². The van der Waals surface area contributed by atoms with Crippen LogP contribution in [-0.4, -0.2) is 73.2 Å². The summed E-state index contributed by atoms with van der Waals surface area (Å²) in [5.41, 5.74) is 1.82. The van der Waals surface area contributed by atoms with Crippen molar-refractivity contribution in [2.75, 3.05) is 52.6 Å². The first-order chi connectivity index (χ1) is 12.7. The molecule has 0 bridgehead atoms. The number of aromatic nitrogens is 2. The molecule has 26 heavy (non-hydrogen) atoms. The molecule has 2 aliphatic heterocycles. The molecule has 0 unspecified atom stereocenters. The van der Waals surface area contributed by atoms with Crippen LogP contribution >= 0.6 is 0 Å². The standard InChI is InChI=1S/C19H30N4O3/c1-22-17(12-16(21-22)15-2-3-15)18(24)20-13-19(4-8-25-9-5-19)14-23-6-10-26-11-7-23/h12,15H,2-11,13-14H2,1H3,(H,20,24). The third kappa shape index (κ3) is 4.10. The van der Waals surface area contributed by atoms with Gasteiger partial charge in [0.2, 0.25) is 0 Å². The number of hydrogen-bond donors (Lipinski definition) is 1. The predicted molar refractivity (Wildman–Crippen MR) is 97.3 cm³/mol. The lowest BCUT2D eigenvalue weighted by Gasteiger charge is -2.42. The second kappa shape index (κ2) is 7.66. The Balaban J connectivity index is 1.39. The van der Waals surface area contributed by atoms with Crippen molar-refractivity contribution in [2.24, 2.45) is 12.5 Å². The Hall–Kier alpha value is -1.44. The van der Waals surface area contributed by atoms with E-state index in [1.807, 2.05) is 13.1 Å². The van der Waals surface area contributed by atoms with Crippen LogP contribution in [0, 0.1) is 5.41 Å². The van der Waals surface area contributed by atoms with Crippen LogP contribution in [0.3, 0.4) is 0 Å². The predicted octanol–water partition coefficient (Wildman–Crippen LogP) is 1.16. The van der Waals surface area contributed by atoms with Crippen molar-refractivity contribution in [3.8, 4) is 0 Å². The minimum absolute atomic E-state index is 0.0141. The fourth-order valence-electron chi connectivity index (χ4n) is 4.07. The van der Waals surface area contributed by atoms with E-state index in [4.69, 9.17) is 9.47 Å². The number of nitrogens with one attached hydrogen (secondary N) is 1. The molecular weight excluding hydrogens is 332 g/mol. The molecule has 2 saturated heterocycles. The van der Waals surface area contributed by atoms with Crippen molar-refractivity contribution in [1.29, 1.82) is 0 Å². The molecular formula is C19H30N4O3. The van der Waals surface area contributed by atoms with E-state index in [1.54, 1.807) is 4.68 Å². The molecule has 1 aromatic heterocycles. The summed E-state index contributed by atoms with van der Waals surface area (Å²) in [6.07, 6.45) is 4.37. The van der Waals surface area contributed by atoms with Gasteiger partial charge in [-0.25, -0.2) is 0 Å². The maximum absolute atomic E-state index is 12.8. The average Bonchev–Trinajstić information content (AvgIpc) is 3.44. The first-order valence-electron chi connectivity index (χ1n) is 9.85. The van der Waals surface area contributed by atoms with Crippen LogP contribution in [0.1, 0.15) is 47.8 Å². The molecule has 0 atom stereocenters. The molecule has 0 radical (unpaired) electrons. The normalized spacial score (nSPS) is 23.7. The highest BCUT2D eigenvalue weighted by Gasteiger charge is 2.36.